The van der Waals surface area contributed by atoms with Crippen LogP contribution in [0.15, 0.2) is 12.2 Å². The van der Waals surface area contributed by atoms with Gasteiger partial charge in [0.25, 0.3) is 0 Å². The van der Waals surface area contributed by atoms with Crippen LogP contribution in [0.25, 0.3) is 0 Å². The minimum atomic E-state index is -4.25. The number of rotatable bonds is 1. The molecule has 0 N–H and O–H groups in total. The number of piperidine rings is 1. The monoisotopic (exact) mass is 247 g/mol. The van der Waals surface area contributed by atoms with Crippen molar-refractivity contribution in [3.05, 3.63) is 12.2 Å². The van der Waals surface area contributed by atoms with Crippen molar-refractivity contribution in [2.24, 2.45) is 11.3 Å². The minimum Gasteiger partial charge on any atom is -0.342 e. The van der Waals surface area contributed by atoms with E-state index >= 15 is 0 Å². The van der Waals surface area contributed by atoms with Gasteiger partial charge in [0.15, 0.2) is 0 Å². The van der Waals surface area contributed by atoms with Gasteiger partial charge >= 0.3 is 6.18 Å². The maximum Gasteiger partial charge on any atom is 0.392 e. The molecule has 1 amide bonds. The number of hydrogen-bond acceptors (Lipinski definition) is 1. The average molecular weight is 247 g/mol. The minimum absolute atomic E-state index is 0.0627. The molecule has 0 bridgehead atoms. The summed E-state index contributed by atoms with van der Waals surface area (Å²) in [7, 11) is 0. The van der Waals surface area contributed by atoms with Crippen molar-refractivity contribution in [1.82, 2.24) is 4.90 Å². The third-order valence-corrected chi connectivity index (χ3v) is 3.88. The lowest BCUT2D eigenvalue weighted by Crippen LogP contribution is -2.41. The number of carbonyl (C=O) groups is 1. The molecule has 0 aromatic heterocycles. The van der Waals surface area contributed by atoms with Crippen LogP contribution in [0.2, 0.25) is 0 Å². The summed E-state index contributed by atoms with van der Waals surface area (Å²) >= 11 is 0. The lowest BCUT2D eigenvalue weighted by Gasteiger charge is -2.31. The second-order valence-electron chi connectivity index (χ2n) is 5.26. The summed E-state index contributed by atoms with van der Waals surface area (Å²) in [5, 5.41) is 0. The van der Waals surface area contributed by atoms with Crippen LogP contribution in [0.5, 0.6) is 0 Å². The van der Waals surface area contributed by atoms with Crippen molar-refractivity contribution < 1.29 is 18.0 Å². The van der Waals surface area contributed by atoms with Gasteiger partial charge in [-0.3, -0.25) is 4.79 Å². The van der Waals surface area contributed by atoms with Crippen LogP contribution in [0, 0.1) is 11.3 Å². The molecule has 1 heterocycles. The highest BCUT2D eigenvalue weighted by Gasteiger charge is 2.68. The quantitative estimate of drug-likeness (QED) is 0.652. The van der Waals surface area contributed by atoms with E-state index in [4.69, 9.17) is 0 Å². The number of alkyl halides is 3. The van der Waals surface area contributed by atoms with Crippen molar-refractivity contribution >= 4 is 5.91 Å². The molecule has 2 rings (SSSR count). The van der Waals surface area contributed by atoms with Crippen LogP contribution in [-0.2, 0) is 4.79 Å². The fourth-order valence-corrected chi connectivity index (χ4v) is 2.47. The SMILES string of the molecule is C=C1CCN(C(=O)C2(C)CC2C(F)(F)F)CC1. The summed E-state index contributed by atoms with van der Waals surface area (Å²) in [6.07, 6.45) is -2.90. The van der Waals surface area contributed by atoms with Gasteiger partial charge in [-0.2, -0.15) is 13.2 Å². The standard InChI is InChI=1S/C12H16F3NO/c1-8-3-5-16(6-4-8)10(17)11(2)7-9(11)12(13,14)15/h9H,1,3-7H2,2H3. The van der Waals surface area contributed by atoms with Crippen LogP contribution < -0.4 is 0 Å². The Morgan fingerprint density at radius 2 is 1.94 bits per heavy atom. The lowest BCUT2D eigenvalue weighted by atomic mass is 10.0. The zero-order chi connectivity index (χ0) is 12.8. The van der Waals surface area contributed by atoms with Gasteiger partial charge in [-0.1, -0.05) is 19.1 Å². The van der Waals surface area contributed by atoms with Gasteiger partial charge < -0.3 is 4.90 Å². The molecule has 2 aliphatic rings. The van der Waals surface area contributed by atoms with Gasteiger partial charge in [-0.25, -0.2) is 0 Å². The molecule has 2 atom stereocenters. The third kappa shape index (κ3) is 2.19. The highest BCUT2D eigenvalue weighted by atomic mass is 19.4. The predicted octanol–water partition coefficient (Wildman–Crippen LogP) is 2.75. The zero-order valence-corrected chi connectivity index (χ0v) is 9.81. The van der Waals surface area contributed by atoms with Crippen molar-refractivity contribution in [2.75, 3.05) is 13.1 Å². The number of carbonyl (C=O) groups excluding carboxylic acids is 1. The molecule has 2 fully saturated rings. The summed E-state index contributed by atoms with van der Waals surface area (Å²) in [6, 6.07) is 0. The van der Waals surface area contributed by atoms with Gasteiger partial charge in [-0.05, 0) is 19.3 Å². The predicted molar refractivity (Wildman–Crippen MR) is 57.2 cm³/mol. The summed E-state index contributed by atoms with van der Waals surface area (Å²) in [4.78, 5) is 13.6. The fourth-order valence-electron chi connectivity index (χ4n) is 2.47. The van der Waals surface area contributed by atoms with Gasteiger partial charge in [-0.15, -0.1) is 0 Å². The normalized spacial score (nSPS) is 33.8. The van der Waals surface area contributed by atoms with Crippen LogP contribution in [0.1, 0.15) is 26.2 Å². The maximum atomic E-state index is 12.5. The highest BCUT2D eigenvalue weighted by molar-refractivity contribution is 5.86. The lowest BCUT2D eigenvalue weighted by molar-refractivity contribution is -0.164. The largest absolute Gasteiger partial charge is 0.392 e. The van der Waals surface area contributed by atoms with E-state index in [-0.39, 0.29) is 12.3 Å². The molecule has 0 radical (unpaired) electrons. The Morgan fingerprint density at radius 3 is 2.35 bits per heavy atom. The Kier molecular flexibility index (Phi) is 2.75. The number of hydrogen-bond donors (Lipinski definition) is 0. The van der Waals surface area contributed by atoms with Gasteiger partial charge in [0.2, 0.25) is 5.91 Å². The van der Waals surface area contributed by atoms with Gasteiger partial charge in [0, 0.05) is 13.1 Å². The Hall–Kier alpha value is -1.00. The highest BCUT2D eigenvalue weighted by Crippen LogP contribution is 2.61. The van der Waals surface area contributed by atoms with Crippen LogP contribution in [0.4, 0.5) is 13.2 Å². The van der Waals surface area contributed by atoms with Crippen LogP contribution in [0.3, 0.4) is 0 Å². The number of nitrogens with zero attached hydrogens (tertiary/aromatic N) is 1. The molecule has 2 nitrogen and oxygen atoms in total. The van der Waals surface area contributed by atoms with Crippen molar-refractivity contribution in [3.63, 3.8) is 0 Å². The first kappa shape index (κ1) is 12.5. The third-order valence-electron chi connectivity index (χ3n) is 3.88. The number of likely N-dealkylation sites (tertiary alicyclic amines) is 1. The zero-order valence-electron chi connectivity index (χ0n) is 9.81. The van der Waals surface area contributed by atoms with E-state index in [1.54, 1.807) is 4.90 Å². The fraction of sp³-hybridized carbons (Fsp3) is 0.750. The van der Waals surface area contributed by atoms with E-state index < -0.39 is 17.5 Å². The molecule has 1 aliphatic heterocycles. The van der Waals surface area contributed by atoms with Crippen molar-refractivity contribution in [3.8, 4) is 0 Å². The Balaban J connectivity index is 2.00. The first-order valence-electron chi connectivity index (χ1n) is 5.78. The summed E-state index contributed by atoms with van der Waals surface area (Å²) in [5.74, 6) is -1.79. The van der Waals surface area contributed by atoms with E-state index in [9.17, 15) is 18.0 Å². The molecule has 0 spiro atoms. The molecular formula is C12H16F3NO. The van der Waals surface area contributed by atoms with E-state index in [0.29, 0.717) is 25.9 Å². The Morgan fingerprint density at radius 1 is 1.41 bits per heavy atom. The van der Waals surface area contributed by atoms with Crippen LogP contribution >= 0.6 is 0 Å². The van der Waals surface area contributed by atoms with E-state index in [1.807, 2.05) is 0 Å². The second-order valence-corrected chi connectivity index (χ2v) is 5.26. The molecule has 96 valence electrons. The molecular weight excluding hydrogens is 231 g/mol. The second kappa shape index (κ2) is 3.75. The topological polar surface area (TPSA) is 20.3 Å². The summed E-state index contributed by atoms with van der Waals surface area (Å²) < 4.78 is 37.6. The number of halogens is 3. The smallest absolute Gasteiger partial charge is 0.342 e. The first-order chi connectivity index (χ1) is 7.75. The summed E-state index contributed by atoms with van der Waals surface area (Å²) in [6.45, 7) is 6.27. The molecule has 1 saturated carbocycles. The van der Waals surface area contributed by atoms with Gasteiger partial charge in [0.1, 0.15) is 0 Å². The molecule has 1 saturated heterocycles. The van der Waals surface area contributed by atoms with Crippen molar-refractivity contribution in [2.45, 2.75) is 32.4 Å². The first-order valence-corrected chi connectivity index (χ1v) is 5.78. The molecule has 17 heavy (non-hydrogen) atoms. The van der Waals surface area contributed by atoms with E-state index in [0.717, 1.165) is 5.57 Å². The molecule has 0 aromatic rings. The average Bonchev–Trinajstić information content (AvgIpc) is 2.92. The molecule has 2 unspecified atom stereocenters. The van der Waals surface area contributed by atoms with Crippen molar-refractivity contribution in [1.29, 1.82) is 0 Å². The molecule has 1 aliphatic carbocycles. The van der Waals surface area contributed by atoms with E-state index in [1.165, 1.54) is 6.92 Å². The van der Waals surface area contributed by atoms with Crippen LogP contribution in [-0.4, -0.2) is 30.1 Å². The van der Waals surface area contributed by atoms with Gasteiger partial charge in [0.05, 0.1) is 11.3 Å². The molecule has 5 heteroatoms. The number of amides is 1. The summed E-state index contributed by atoms with van der Waals surface area (Å²) in [5.41, 5.74) is -0.140. The molecule has 0 aromatic carbocycles. The van der Waals surface area contributed by atoms with E-state index in [2.05, 4.69) is 6.58 Å². The Bertz CT molecular complexity index is 353. The maximum absolute atomic E-state index is 12.5. The Labute approximate surface area is 98.5 Å².